The molecule has 100 valence electrons. The van der Waals surface area contributed by atoms with E-state index in [1.807, 2.05) is 6.07 Å². The van der Waals surface area contributed by atoms with Gasteiger partial charge in [0.2, 0.25) is 0 Å². The fourth-order valence-electron chi connectivity index (χ4n) is 2.54. The van der Waals surface area contributed by atoms with Gasteiger partial charge in [0.15, 0.2) is 11.6 Å². The number of ether oxygens (including phenoxy) is 1. The molecule has 0 spiro atoms. The molecule has 2 rings (SSSR count). The third kappa shape index (κ3) is 3.02. The van der Waals surface area contributed by atoms with Crippen LogP contribution in [0.5, 0.6) is 5.75 Å². The molecule has 0 aromatic heterocycles. The number of hydrogen-bond donors (Lipinski definition) is 1. The normalized spacial score (nSPS) is 17.3. The number of rotatable bonds is 6. The molecular weight excluding hydrogens is 229 g/mol. The molecule has 1 N–H and O–H groups in total. The van der Waals surface area contributed by atoms with Crippen molar-refractivity contribution in [2.75, 3.05) is 13.7 Å². The molecule has 1 atom stereocenters. The fraction of sp³-hybridized carbons (Fsp3) is 0.600. The first-order chi connectivity index (χ1) is 8.74. The van der Waals surface area contributed by atoms with Crippen LogP contribution in [0.3, 0.4) is 0 Å². The highest BCUT2D eigenvalue weighted by Crippen LogP contribution is 2.35. The summed E-state index contributed by atoms with van der Waals surface area (Å²) in [5.74, 6) is 0.850. The van der Waals surface area contributed by atoms with Gasteiger partial charge < -0.3 is 10.1 Å². The van der Waals surface area contributed by atoms with Gasteiger partial charge in [0.05, 0.1) is 7.11 Å². The lowest BCUT2D eigenvalue weighted by atomic mass is 9.79. The summed E-state index contributed by atoms with van der Waals surface area (Å²) in [6, 6.07) is 5.55. The predicted molar refractivity (Wildman–Crippen MR) is 71.3 cm³/mol. The molecule has 1 unspecified atom stereocenters. The van der Waals surface area contributed by atoms with Gasteiger partial charge in [-0.1, -0.05) is 32.3 Å². The minimum Gasteiger partial charge on any atom is -0.494 e. The van der Waals surface area contributed by atoms with Gasteiger partial charge in [-0.15, -0.1) is 0 Å². The van der Waals surface area contributed by atoms with Crippen molar-refractivity contribution in [3.8, 4) is 5.75 Å². The molecule has 1 aliphatic carbocycles. The van der Waals surface area contributed by atoms with E-state index in [2.05, 4.69) is 12.2 Å². The van der Waals surface area contributed by atoms with Crippen LogP contribution >= 0.6 is 0 Å². The Hall–Kier alpha value is -1.09. The third-order valence-corrected chi connectivity index (χ3v) is 3.82. The smallest absolute Gasteiger partial charge is 0.165 e. The van der Waals surface area contributed by atoms with Crippen LogP contribution in [0, 0.1) is 11.7 Å². The molecule has 18 heavy (non-hydrogen) atoms. The first-order valence-corrected chi connectivity index (χ1v) is 6.81. The summed E-state index contributed by atoms with van der Waals surface area (Å²) < 4.78 is 18.7. The van der Waals surface area contributed by atoms with Gasteiger partial charge in [0.1, 0.15) is 0 Å². The van der Waals surface area contributed by atoms with E-state index in [-0.39, 0.29) is 11.9 Å². The van der Waals surface area contributed by atoms with Crippen LogP contribution in [0.2, 0.25) is 0 Å². The van der Waals surface area contributed by atoms with Gasteiger partial charge in [-0.05, 0) is 36.6 Å². The second-order valence-corrected chi connectivity index (χ2v) is 5.04. The van der Waals surface area contributed by atoms with Crippen LogP contribution in [0.4, 0.5) is 4.39 Å². The Morgan fingerprint density at radius 3 is 2.72 bits per heavy atom. The van der Waals surface area contributed by atoms with E-state index in [1.54, 1.807) is 12.1 Å². The Balaban J connectivity index is 2.10. The lowest BCUT2D eigenvalue weighted by molar-refractivity contribution is 0.262. The van der Waals surface area contributed by atoms with E-state index >= 15 is 0 Å². The maximum Gasteiger partial charge on any atom is 0.165 e. The van der Waals surface area contributed by atoms with Crippen LogP contribution in [-0.2, 0) is 0 Å². The van der Waals surface area contributed by atoms with Crippen molar-refractivity contribution < 1.29 is 9.13 Å². The van der Waals surface area contributed by atoms with E-state index in [0.29, 0.717) is 5.75 Å². The van der Waals surface area contributed by atoms with Crippen molar-refractivity contribution in [2.24, 2.45) is 5.92 Å². The quantitative estimate of drug-likeness (QED) is 0.832. The van der Waals surface area contributed by atoms with Crippen LogP contribution < -0.4 is 10.1 Å². The zero-order valence-corrected chi connectivity index (χ0v) is 11.2. The highest BCUT2D eigenvalue weighted by Gasteiger charge is 2.23. The zero-order chi connectivity index (χ0) is 13.0. The minimum absolute atomic E-state index is 0.265. The van der Waals surface area contributed by atoms with E-state index in [4.69, 9.17) is 4.74 Å². The van der Waals surface area contributed by atoms with Crippen LogP contribution in [0.1, 0.15) is 44.2 Å². The van der Waals surface area contributed by atoms with Gasteiger partial charge in [-0.3, -0.25) is 0 Å². The van der Waals surface area contributed by atoms with Crippen molar-refractivity contribution in [3.05, 3.63) is 29.6 Å². The Morgan fingerprint density at radius 2 is 2.22 bits per heavy atom. The summed E-state index contributed by atoms with van der Waals surface area (Å²) in [5, 5.41) is 3.46. The van der Waals surface area contributed by atoms with Crippen molar-refractivity contribution in [2.45, 2.75) is 38.6 Å². The van der Waals surface area contributed by atoms with Crippen molar-refractivity contribution in [1.29, 1.82) is 0 Å². The molecule has 3 heteroatoms. The lowest BCUT2D eigenvalue weighted by Crippen LogP contribution is -2.26. The molecule has 1 aliphatic rings. The summed E-state index contributed by atoms with van der Waals surface area (Å²) >= 11 is 0. The van der Waals surface area contributed by atoms with Crippen LogP contribution in [0.25, 0.3) is 0 Å². The van der Waals surface area contributed by atoms with E-state index in [0.717, 1.165) is 24.4 Å². The number of halogens is 1. The van der Waals surface area contributed by atoms with Crippen molar-refractivity contribution in [1.82, 2.24) is 5.32 Å². The van der Waals surface area contributed by atoms with E-state index in [1.165, 1.54) is 26.4 Å². The molecule has 0 saturated heterocycles. The lowest BCUT2D eigenvalue weighted by Gasteiger charge is -2.30. The molecule has 2 nitrogen and oxygen atoms in total. The molecule has 0 bridgehead atoms. The van der Waals surface area contributed by atoms with Crippen molar-refractivity contribution >= 4 is 0 Å². The highest BCUT2D eigenvalue weighted by molar-refractivity contribution is 5.31. The number of hydrogen-bond acceptors (Lipinski definition) is 2. The largest absolute Gasteiger partial charge is 0.494 e. The standard InChI is InChI=1S/C15H22FNO/c1-3-17-14(9-11-5-4-6-11)12-7-8-15(18-2)13(16)10-12/h7-8,10-11,14,17H,3-6,9H2,1-2H3. The summed E-state index contributed by atoms with van der Waals surface area (Å²) in [4.78, 5) is 0. The average Bonchev–Trinajstić information content (AvgIpc) is 2.32. The molecule has 1 aromatic carbocycles. The van der Waals surface area contributed by atoms with Gasteiger partial charge in [-0.2, -0.15) is 0 Å². The summed E-state index contributed by atoms with van der Waals surface area (Å²) in [6.07, 6.45) is 5.10. The van der Waals surface area contributed by atoms with Gasteiger partial charge in [-0.25, -0.2) is 4.39 Å². The second kappa shape index (κ2) is 6.19. The molecule has 1 saturated carbocycles. The first kappa shape index (κ1) is 13.3. The molecular formula is C15H22FNO. The highest BCUT2D eigenvalue weighted by atomic mass is 19.1. The predicted octanol–water partition coefficient (Wildman–Crippen LogP) is 3.68. The summed E-state index contributed by atoms with van der Waals surface area (Å²) in [7, 11) is 1.49. The summed E-state index contributed by atoms with van der Waals surface area (Å²) in [5.41, 5.74) is 1.03. The monoisotopic (exact) mass is 251 g/mol. The Kier molecular flexibility index (Phi) is 4.59. The van der Waals surface area contributed by atoms with Gasteiger partial charge in [0, 0.05) is 6.04 Å². The summed E-state index contributed by atoms with van der Waals surface area (Å²) in [6.45, 7) is 3.00. The Labute approximate surface area is 109 Å². The molecule has 0 aliphatic heterocycles. The maximum atomic E-state index is 13.7. The Bertz CT molecular complexity index is 390. The maximum absolute atomic E-state index is 13.7. The molecule has 1 aromatic rings. The molecule has 0 radical (unpaired) electrons. The number of methoxy groups -OCH3 is 1. The first-order valence-electron chi connectivity index (χ1n) is 6.81. The SMILES string of the molecule is CCNC(CC1CCC1)c1ccc(OC)c(F)c1. The van der Waals surface area contributed by atoms with Crippen molar-refractivity contribution in [3.63, 3.8) is 0 Å². The van der Waals surface area contributed by atoms with E-state index < -0.39 is 0 Å². The number of benzene rings is 1. The third-order valence-electron chi connectivity index (χ3n) is 3.82. The molecule has 0 amide bonds. The van der Waals surface area contributed by atoms with Gasteiger partial charge in [0.25, 0.3) is 0 Å². The minimum atomic E-state index is -0.272. The van der Waals surface area contributed by atoms with Crippen LogP contribution in [0.15, 0.2) is 18.2 Å². The second-order valence-electron chi connectivity index (χ2n) is 5.04. The molecule has 0 heterocycles. The van der Waals surface area contributed by atoms with Gasteiger partial charge >= 0.3 is 0 Å². The molecule has 1 fully saturated rings. The Morgan fingerprint density at radius 1 is 1.44 bits per heavy atom. The van der Waals surface area contributed by atoms with Crippen LogP contribution in [-0.4, -0.2) is 13.7 Å². The fourth-order valence-corrected chi connectivity index (χ4v) is 2.54. The topological polar surface area (TPSA) is 21.3 Å². The zero-order valence-electron chi connectivity index (χ0n) is 11.2. The average molecular weight is 251 g/mol. The van der Waals surface area contributed by atoms with E-state index in [9.17, 15) is 4.39 Å². The number of nitrogens with one attached hydrogen (secondary N) is 1.